The van der Waals surface area contributed by atoms with Crippen molar-refractivity contribution in [2.75, 3.05) is 13.1 Å². The van der Waals surface area contributed by atoms with Crippen LogP contribution in [0.25, 0.3) is 27.9 Å². The topological polar surface area (TPSA) is 72.9 Å². The maximum absolute atomic E-state index is 12.8. The second kappa shape index (κ2) is 7.50. The number of aromatic nitrogens is 3. The predicted molar refractivity (Wildman–Crippen MR) is 120 cm³/mol. The van der Waals surface area contributed by atoms with Crippen LogP contribution >= 0.6 is 0 Å². The number of hydrogen-bond donors (Lipinski definition) is 0. The first-order valence-electron chi connectivity index (χ1n) is 10.7. The molecule has 1 fully saturated rings. The van der Waals surface area contributed by atoms with Crippen molar-refractivity contribution in [3.63, 3.8) is 0 Å². The summed E-state index contributed by atoms with van der Waals surface area (Å²) in [4.78, 5) is 24.2. The molecule has 31 heavy (non-hydrogen) atoms. The molecule has 0 spiro atoms. The summed E-state index contributed by atoms with van der Waals surface area (Å²) < 4.78 is 13.7. The van der Waals surface area contributed by atoms with Gasteiger partial charge in [-0.25, -0.2) is 9.78 Å². The fraction of sp³-hybridized carbons (Fsp3) is 0.375. The Morgan fingerprint density at radius 1 is 1.16 bits per heavy atom. The predicted octanol–water partition coefficient (Wildman–Crippen LogP) is 3.98. The smallest absolute Gasteiger partial charge is 0.345 e. The molecule has 4 heterocycles. The SMILES string of the molecule is Cc1cn2cc(-c3cc4ccc(O[C@@H]5CCN(C(C)C)C5)cc4oc3=O)nc2c(C)n1. The van der Waals surface area contributed by atoms with Gasteiger partial charge in [0.1, 0.15) is 17.4 Å². The molecule has 0 radical (unpaired) electrons. The summed E-state index contributed by atoms with van der Waals surface area (Å²) in [7, 11) is 0. The van der Waals surface area contributed by atoms with Gasteiger partial charge in [-0.3, -0.25) is 9.88 Å². The molecule has 4 aromatic rings. The number of hydrogen-bond acceptors (Lipinski definition) is 6. The Labute approximate surface area is 180 Å². The second-order valence-corrected chi connectivity index (χ2v) is 8.59. The van der Waals surface area contributed by atoms with Gasteiger partial charge in [-0.2, -0.15) is 0 Å². The molecular weight excluding hydrogens is 392 g/mol. The average molecular weight is 418 g/mol. The van der Waals surface area contributed by atoms with Gasteiger partial charge in [-0.05, 0) is 52.3 Å². The number of rotatable bonds is 4. The van der Waals surface area contributed by atoms with E-state index in [1.807, 2.05) is 48.8 Å². The maximum Gasteiger partial charge on any atom is 0.345 e. The molecule has 7 nitrogen and oxygen atoms in total. The van der Waals surface area contributed by atoms with Gasteiger partial charge in [-0.1, -0.05) is 0 Å². The van der Waals surface area contributed by atoms with Gasteiger partial charge in [-0.15, -0.1) is 0 Å². The van der Waals surface area contributed by atoms with Gasteiger partial charge in [0.25, 0.3) is 0 Å². The molecule has 1 aromatic carbocycles. The van der Waals surface area contributed by atoms with E-state index in [1.165, 1.54) is 0 Å². The quantitative estimate of drug-likeness (QED) is 0.467. The first-order valence-corrected chi connectivity index (χ1v) is 10.7. The van der Waals surface area contributed by atoms with Crippen molar-refractivity contribution in [2.24, 2.45) is 0 Å². The van der Waals surface area contributed by atoms with E-state index in [2.05, 4.69) is 28.7 Å². The highest BCUT2D eigenvalue weighted by Crippen LogP contribution is 2.26. The van der Waals surface area contributed by atoms with E-state index in [0.717, 1.165) is 47.7 Å². The van der Waals surface area contributed by atoms with E-state index in [9.17, 15) is 4.79 Å². The Hall–Kier alpha value is -3.19. The molecule has 0 aliphatic carbocycles. The molecular formula is C24H26N4O3. The maximum atomic E-state index is 12.8. The first kappa shape index (κ1) is 19.8. The summed E-state index contributed by atoms with van der Waals surface area (Å²) in [6.45, 7) is 10.2. The van der Waals surface area contributed by atoms with Gasteiger partial charge in [0.15, 0.2) is 5.65 Å². The standard InChI is InChI=1S/C24H26N4O3/c1-14(2)27-8-7-19(12-27)30-18-6-5-17-9-20(24(29)31-22(17)10-18)21-13-28-11-15(3)25-16(4)23(28)26-21/h5-6,9-11,13-14,19H,7-8,12H2,1-4H3/t19-/m1/s1. The molecule has 5 rings (SSSR count). The molecule has 1 aliphatic heterocycles. The molecule has 0 bridgehead atoms. The van der Waals surface area contributed by atoms with Crippen LogP contribution in [0.1, 0.15) is 31.7 Å². The van der Waals surface area contributed by atoms with Crippen LogP contribution in [-0.4, -0.2) is 44.5 Å². The highest BCUT2D eigenvalue weighted by Gasteiger charge is 2.25. The number of imidazole rings is 1. The van der Waals surface area contributed by atoms with E-state index >= 15 is 0 Å². The van der Waals surface area contributed by atoms with Crippen molar-refractivity contribution in [3.8, 4) is 17.0 Å². The van der Waals surface area contributed by atoms with Gasteiger partial charge >= 0.3 is 5.63 Å². The number of nitrogens with zero attached hydrogens (tertiary/aromatic N) is 4. The van der Waals surface area contributed by atoms with Crippen LogP contribution in [0.15, 0.2) is 45.9 Å². The van der Waals surface area contributed by atoms with E-state index in [4.69, 9.17) is 9.15 Å². The van der Waals surface area contributed by atoms with Gasteiger partial charge in [0.2, 0.25) is 0 Å². The van der Waals surface area contributed by atoms with Crippen LogP contribution < -0.4 is 10.4 Å². The minimum Gasteiger partial charge on any atom is -0.489 e. The largest absolute Gasteiger partial charge is 0.489 e. The Morgan fingerprint density at radius 2 is 2.00 bits per heavy atom. The fourth-order valence-electron chi connectivity index (χ4n) is 4.29. The lowest BCUT2D eigenvalue weighted by molar-refractivity contribution is 0.187. The van der Waals surface area contributed by atoms with Crippen molar-refractivity contribution in [3.05, 3.63) is 58.5 Å². The highest BCUT2D eigenvalue weighted by atomic mass is 16.5. The number of benzene rings is 1. The van der Waals surface area contributed by atoms with Crippen molar-refractivity contribution in [1.82, 2.24) is 19.3 Å². The minimum absolute atomic E-state index is 0.157. The lowest BCUT2D eigenvalue weighted by Gasteiger charge is -2.20. The van der Waals surface area contributed by atoms with Crippen molar-refractivity contribution in [2.45, 2.75) is 46.3 Å². The van der Waals surface area contributed by atoms with Gasteiger partial charge in [0, 0.05) is 43.0 Å². The number of aryl methyl sites for hydroxylation is 2. The lowest BCUT2D eigenvalue weighted by Crippen LogP contribution is -2.30. The summed E-state index contributed by atoms with van der Waals surface area (Å²) in [5, 5.41) is 0.834. The van der Waals surface area contributed by atoms with Crippen LogP contribution in [0, 0.1) is 13.8 Å². The van der Waals surface area contributed by atoms with Gasteiger partial charge < -0.3 is 13.6 Å². The van der Waals surface area contributed by atoms with Crippen LogP contribution in [0.4, 0.5) is 0 Å². The molecule has 3 aromatic heterocycles. The summed E-state index contributed by atoms with van der Waals surface area (Å²) in [6, 6.07) is 8.02. The minimum atomic E-state index is -0.415. The summed E-state index contributed by atoms with van der Waals surface area (Å²) in [6.07, 6.45) is 4.90. The number of fused-ring (bicyclic) bond motifs is 2. The summed E-state index contributed by atoms with van der Waals surface area (Å²) in [5.74, 6) is 0.726. The molecule has 0 amide bonds. The zero-order chi connectivity index (χ0) is 21.7. The van der Waals surface area contributed by atoms with E-state index in [0.29, 0.717) is 22.9 Å². The third kappa shape index (κ3) is 3.70. The van der Waals surface area contributed by atoms with Crippen LogP contribution in [-0.2, 0) is 0 Å². The Balaban J connectivity index is 1.46. The van der Waals surface area contributed by atoms with Crippen LogP contribution in [0.5, 0.6) is 5.75 Å². The molecule has 1 atom stereocenters. The van der Waals surface area contributed by atoms with E-state index < -0.39 is 5.63 Å². The first-order chi connectivity index (χ1) is 14.9. The Kier molecular flexibility index (Phi) is 4.78. The zero-order valence-electron chi connectivity index (χ0n) is 18.3. The average Bonchev–Trinajstić information content (AvgIpc) is 3.34. The Morgan fingerprint density at radius 3 is 2.77 bits per heavy atom. The van der Waals surface area contributed by atoms with Gasteiger partial charge in [0.05, 0.1) is 22.6 Å². The third-order valence-electron chi connectivity index (χ3n) is 5.92. The molecule has 1 saturated heterocycles. The molecule has 1 aliphatic rings. The van der Waals surface area contributed by atoms with Crippen LogP contribution in [0.2, 0.25) is 0 Å². The zero-order valence-corrected chi connectivity index (χ0v) is 18.3. The monoisotopic (exact) mass is 418 g/mol. The molecule has 7 heteroatoms. The normalized spacial score (nSPS) is 17.3. The van der Waals surface area contributed by atoms with Crippen LogP contribution in [0.3, 0.4) is 0 Å². The molecule has 160 valence electrons. The highest BCUT2D eigenvalue weighted by molar-refractivity contribution is 5.82. The third-order valence-corrected chi connectivity index (χ3v) is 5.92. The lowest BCUT2D eigenvalue weighted by atomic mass is 10.1. The Bertz CT molecular complexity index is 1340. The molecule has 0 unspecified atom stereocenters. The number of likely N-dealkylation sites (tertiary alicyclic amines) is 1. The second-order valence-electron chi connectivity index (χ2n) is 8.59. The summed E-state index contributed by atoms with van der Waals surface area (Å²) >= 11 is 0. The van der Waals surface area contributed by atoms with Crippen molar-refractivity contribution >= 4 is 16.6 Å². The van der Waals surface area contributed by atoms with E-state index in [1.54, 1.807) is 6.07 Å². The molecule has 0 saturated carbocycles. The molecule has 0 N–H and O–H groups in total. The fourth-order valence-corrected chi connectivity index (χ4v) is 4.29. The van der Waals surface area contributed by atoms with Crippen molar-refractivity contribution in [1.29, 1.82) is 0 Å². The number of ether oxygens (including phenoxy) is 1. The summed E-state index contributed by atoms with van der Waals surface area (Å²) in [5.41, 5.74) is 3.56. The van der Waals surface area contributed by atoms with Crippen molar-refractivity contribution < 1.29 is 9.15 Å². The van der Waals surface area contributed by atoms with E-state index in [-0.39, 0.29) is 6.10 Å².